The van der Waals surface area contributed by atoms with Crippen LogP contribution in [0.25, 0.3) is 10.9 Å². The van der Waals surface area contributed by atoms with E-state index in [0.717, 1.165) is 55.0 Å². The number of methoxy groups -OCH3 is 1. The number of aliphatic hydroxyl groups is 1. The second-order valence-electron chi connectivity index (χ2n) is 13.5. The zero-order chi connectivity index (χ0) is 29.7. The number of carbonyl (C=O) groups is 2. The van der Waals surface area contributed by atoms with Crippen LogP contribution < -0.4 is 5.32 Å². The molecule has 2 aromatic rings. The number of ether oxygens (including phenoxy) is 1. The summed E-state index contributed by atoms with van der Waals surface area (Å²) in [4.78, 5) is 33.9. The van der Waals surface area contributed by atoms with Crippen LogP contribution in [0.2, 0.25) is 0 Å². The van der Waals surface area contributed by atoms with Crippen molar-refractivity contribution in [1.82, 2.24) is 10.3 Å². The molecule has 224 valence electrons. The van der Waals surface area contributed by atoms with E-state index in [4.69, 9.17) is 9.57 Å². The molecule has 8 heteroatoms. The average molecular weight is 574 g/mol. The van der Waals surface area contributed by atoms with Crippen molar-refractivity contribution in [3.63, 3.8) is 0 Å². The van der Waals surface area contributed by atoms with Crippen LogP contribution in [0.4, 0.5) is 0 Å². The third kappa shape index (κ3) is 4.77. The first-order valence-corrected chi connectivity index (χ1v) is 15.3. The van der Waals surface area contributed by atoms with Crippen LogP contribution in [0.15, 0.2) is 59.4 Å². The Kier molecular flexibility index (Phi) is 7.32. The number of amides is 1. The van der Waals surface area contributed by atoms with Gasteiger partial charge in [0.1, 0.15) is 11.8 Å². The quantitative estimate of drug-likeness (QED) is 0.310. The predicted molar refractivity (Wildman–Crippen MR) is 162 cm³/mol. The molecule has 7 atom stereocenters. The number of aromatic nitrogens is 1. The number of allylic oxidation sites excluding steroid dienone is 4. The fraction of sp³-hybridized carbons (Fsp3) is 0.559. The van der Waals surface area contributed by atoms with E-state index in [9.17, 15) is 14.7 Å². The molecule has 0 radical (unpaired) electrons. The lowest BCUT2D eigenvalue weighted by molar-refractivity contribution is -0.145. The van der Waals surface area contributed by atoms with Gasteiger partial charge in [-0.05, 0) is 92.4 Å². The second-order valence-corrected chi connectivity index (χ2v) is 13.5. The van der Waals surface area contributed by atoms with Crippen molar-refractivity contribution in [2.45, 2.75) is 77.4 Å². The number of hydrogen-bond acceptors (Lipinski definition) is 6. The number of aromatic amines is 1. The van der Waals surface area contributed by atoms with Gasteiger partial charge in [0.25, 0.3) is 5.91 Å². The summed E-state index contributed by atoms with van der Waals surface area (Å²) in [7, 11) is 1.31. The van der Waals surface area contributed by atoms with Gasteiger partial charge in [0.2, 0.25) is 0 Å². The third-order valence-corrected chi connectivity index (χ3v) is 11.4. The molecule has 1 aromatic carbocycles. The lowest BCUT2D eigenvalue weighted by Crippen LogP contribution is -2.53. The van der Waals surface area contributed by atoms with Gasteiger partial charge in [-0.25, -0.2) is 4.79 Å². The number of oxime groups is 1. The molecule has 8 nitrogen and oxygen atoms in total. The van der Waals surface area contributed by atoms with Gasteiger partial charge in [-0.1, -0.05) is 48.9 Å². The fourth-order valence-electron chi connectivity index (χ4n) is 8.77. The molecule has 3 fully saturated rings. The number of hydrogen-bond donors (Lipinski definition) is 3. The molecular formula is C34H43N3O5. The lowest BCUT2D eigenvalue weighted by atomic mass is 9.47. The first-order chi connectivity index (χ1) is 20.1. The minimum atomic E-state index is -0.841. The number of nitrogens with one attached hydrogen (secondary N) is 2. The molecule has 0 aliphatic heterocycles. The highest BCUT2D eigenvalue weighted by atomic mass is 16.6. The van der Waals surface area contributed by atoms with Crippen molar-refractivity contribution >= 4 is 28.5 Å². The summed E-state index contributed by atoms with van der Waals surface area (Å²) in [5.41, 5.74) is 3.37. The average Bonchev–Trinajstić information content (AvgIpc) is 3.49. The summed E-state index contributed by atoms with van der Waals surface area (Å²) < 4.78 is 4.95. The summed E-state index contributed by atoms with van der Waals surface area (Å²) >= 11 is 0. The Hall–Kier alpha value is -3.39. The Morgan fingerprint density at radius 3 is 2.74 bits per heavy atom. The molecule has 0 bridgehead atoms. The lowest BCUT2D eigenvalue weighted by Gasteiger charge is -2.58. The molecule has 42 heavy (non-hydrogen) atoms. The number of esters is 1. The van der Waals surface area contributed by atoms with Crippen molar-refractivity contribution < 1.29 is 24.3 Å². The summed E-state index contributed by atoms with van der Waals surface area (Å²) in [6.07, 6.45) is 14.9. The van der Waals surface area contributed by atoms with Gasteiger partial charge in [-0.2, -0.15) is 0 Å². The summed E-state index contributed by atoms with van der Waals surface area (Å²) in [6, 6.07) is 6.98. The zero-order valence-electron chi connectivity index (χ0n) is 25.1. The number of para-hydroxylation sites is 1. The van der Waals surface area contributed by atoms with E-state index < -0.39 is 23.5 Å². The van der Waals surface area contributed by atoms with E-state index in [2.05, 4.69) is 41.5 Å². The maximum atomic E-state index is 12.7. The Balaban J connectivity index is 1.08. The van der Waals surface area contributed by atoms with Gasteiger partial charge >= 0.3 is 5.97 Å². The van der Waals surface area contributed by atoms with Crippen LogP contribution in [0.5, 0.6) is 0 Å². The standard InChI is InChI=1S/C34H43N3O5/c1-32-14-11-23(18-22(32)9-10-25-26(32)12-15-33(2)27(25)13-16-34(33,3)40)37-42-20-30(38)36-29(31(39)41-4)17-21-19-35-28-8-6-5-7-24(21)28/h5-8,11,14,18-19,25-27,29,35,40H,9-10,12-13,15-17,20H2,1-4H3,(H,36,38)/b37-23+/t25-,26+,27+,29+,32-,33-,34+/m1/s1. The van der Waals surface area contributed by atoms with Gasteiger partial charge in [-0.3, -0.25) is 4.79 Å². The Morgan fingerprint density at radius 1 is 1.14 bits per heavy atom. The molecule has 3 saturated carbocycles. The van der Waals surface area contributed by atoms with Crippen molar-refractivity contribution in [3.8, 4) is 0 Å². The first kappa shape index (κ1) is 28.7. The SMILES string of the molecule is COC(=O)[C@H](Cc1c[nH]c2ccccc12)NC(=O)CO/N=C1\C=C[C@]2(C)C(=C1)CC[C@@H]1[C@@H]2CC[C@]2(C)[C@H]1CC[C@]2(C)O. The maximum absolute atomic E-state index is 12.7. The molecule has 1 heterocycles. The summed E-state index contributed by atoms with van der Waals surface area (Å²) in [5.74, 6) is 0.792. The van der Waals surface area contributed by atoms with Gasteiger partial charge in [0.15, 0.2) is 6.61 Å². The largest absolute Gasteiger partial charge is 0.467 e. The zero-order valence-corrected chi connectivity index (χ0v) is 25.1. The molecular weight excluding hydrogens is 530 g/mol. The van der Waals surface area contributed by atoms with E-state index in [1.54, 1.807) is 0 Å². The van der Waals surface area contributed by atoms with Crippen LogP contribution in [-0.2, 0) is 25.6 Å². The number of benzene rings is 1. The van der Waals surface area contributed by atoms with Crippen molar-refractivity contribution in [2.75, 3.05) is 13.7 Å². The molecule has 0 unspecified atom stereocenters. The molecule has 6 rings (SSSR count). The van der Waals surface area contributed by atoms with Crippen LogP contribution in [0.3, 0.4) is 0 Å². The van der Waals surface area contributed by atoms with Gasteiger partial charge < -0.3 is 25.0 Å². The number of H-pyrrole nitrogens is 1. The monoisotopic (exact) mass is 573 g/mol. The number of carbonyl (C=O) groups excluding carboxylic acids is 2. The maximum Gasteiger partial charge on any atom is 0.328 e. The van der Waals surface area contributed by atoms with Gasteiger partial charge in [0, 0.05) is 28.9 Å². The number of rotatable bonds is 7. The van der Waals surface area contributed by atoms with E-state index in [0.29, 0.717) is 29.9 Å². The summed E-state index contributed by atoms with van der Waals surface area (Å²) in [5, 5.41) is 19.2. The number of nitrogens with zero attached hydrogens (tertiary/aromatic N) is 1. The van der Waals surface area contributed by atoms with Crippen LogP contribution in [-0.4, -0.2) is 53.0 Å². The van der Waals surface area contributed by atoms with Gasteiger partial charge in [0.05, 0.1) is 12.7 Å². The third-order valence-electron chi connectivity index (χ3n) is 11.4. The fourth-order valence-corrected chi connectivity index (χ4v) is 8.77. The Bertz CT molecular complexity index is 1470. The minimum absolute atomic E-state index is 0.00739. The first-order valence-electron chi connectivity index (χ1n) is 15.3. The topological polar surface area (TPSA) is 113 Å². The van der Waals surface area contributed by atoms with Gasteiger partial charge in [-0.15, -0.1) is 0 Å². The van der Waals surface area contributed by atoms with Crippen molar-refractivity contribution in [2.24, 2.45) is 33.7 Å². The van der Waals surface area contributed by atoms with Crippen LogP contribution >= 0.6 is 0 Å². The molecule has 0 spiro atoms. The summed E-state index contributed by atoms with van der Waals surface area (Å²) in [6.45, 7) is 6.42. The van der Waals surface area contributed by atoms with Crippen LogP contribution in [0.1, 0.15) is 64.9 Å². The van der Waals surface area contributed by atoms with Crippen molar-refractivity contribution in [3.05, 3.63) is 59.8 Å². The highest BCUT2D eigenvalue weighted by molar-refractivity contribution is 6.05. The van der Waals surface area contributed by atoms with Crippen LogP contribution in [0, 0.1) is 28.6 Å². The normalized spacial score (nSPS) is 35.1. The van der Waals surface area contributed by atoms with E-state index in [1.165, 1.54) is 12.7 Å². The smallest absolute Gasteiger partial charge is 0.328 e. The molecule has 1 aromatic heterocycles. The molecule has 4 aliphatic carbocycles. The molecule has 3 N–H and O–H groups in total. The Morgan fingerprint density at radius 2 is 1.93 bits per heavy atom. The minimum Gasteiger partial charge on any atom is -0.467 e. The molecule has 1 amide bonds. The highest BCUT2D eigenvalue weighted by Crippen LogP contribution is 2.66. The Labute approximate surface area is 247 Å². The predicted octanol–water partition coefficient (Wildman–Crippen LogP) is 5.23. The molecule has 4 aliphatic rings. The highest BCUT2D eigenvalue weighted by Gasteiger charge is 2.62. The van der Waals surface area contributed by atoms with Crippen molar-refractivity contribution in [1.29, 1.82) is 0 Å². The van der Waals surface area contributed by atoms with E-state index >= 15 is 0 Å². The molecule has 0 saturated heterocycles. The van der Waals surface area contributed by atoms with E-state index in [1.807, 2.05) is 43.5 Å². The second kappa shape index (κ2) is 10.7. The number of fused-ring (bicyclic) bond motifs is 6. The van der Waals surface area contributed by atoms with E-state index in [-0.39, 0.29) is 17.4 Å².